The summed E-state index contributed by atoms with van der Waals surface area (Å²) in [6.45, 7) is 2.82. The third-order valence-corrected chi connectivity index (χ3v) is 2.29. The van der Waals surface area contributed by atoms with Crippen LogP contribution in [0.25, 0.3) is 0 Å². The molecule has 0 amide bonds. The van der Waals surface area contributed by atoms with Gasteiger partial charge in [0.2, 0.25) is 0 Å². The van der Waals surface area contributed by atoms with Gasteiger partial charge in [0.05, 0.1) is 6.61 Å². The van der Waals surface area contributed by atoms with Crippen molar-refractivity contribution < 1.29 is 27.8 Å². The fourth-order valence-electron chi connectivity index (χ4n) is 1.04. The van der Waals surface area contributed by atoms with Crippen molar-refractivity contribution in [2.45, 2.75) is 38.6 Å². The predicted octanol–water partition coefficient (Wildman–Crippen LogP) is 1.18. The summed E-state index contributed by atoms with van der Waals surface area (Å²) in [6.07, 6.45) is -6.50. The second kappa shape index (κ2) is 6.80. The van der Waals surface area contributed by atoms with Gasteiger partial charge in [-0.2, -0.15) is 13.2 Å². The average Bonchev–Trinajstić information content (AvgIpc) is 2.23. The lowest BCUT2D eigenvalue weighted by atomic mass is 10.2. The largest absolute Gasteiger partial charge is 0.465 e. The number of ether oxygens (including phenoxy) is 1. The maximum atomic E-state index is 12.1. The Hall–Kier alpha value is -0.820. The summed E-state index contributed by atoms with van der Waals surface area (Å²) in [5.41, 5.74) is 0. The molecule has 0 aromatic heterocycles. The molecule has 0 aliphatic rings. The molecule has 17 heavy (non-hydrogen) atoms. The first-order valence-corrected chi connectivity index (χ1v) is 5.31. The standard InChI is InChI=1S/C10H18F3NO3/c1-4-5-17-9(16)7(2)14(3)6-8(15)10(11,12)13/h7-8,15H,4-6H2,1-3H3. The van der Waals surface area contributed by atoms with Crippen LogP contribution in [-0.2, 0) is 9.53 Å². The first-order chi connectivity index (χ1) is 7.70. The van der Waals surface area contributed by atoms with E-state index in [1.807, 2.05) is 6.92 Å². The van der Waals surface area contributed by atoms with Gasteiger partial charge in [-0.05, 0) is 20.4 Å². The van der Waals surface area contributed by atoms with Crippen molar-refractivity contribution >= 4 is 5.97 Å². The summed E-state index contributed by atoms with van der Waals surface area (Å²) in [5, 5.41) is 8.84. The topological polar surface area (TPSA) is 49.8 Å². The molecule has 0 rings (SSSR count). The minimum absolute atomic E-state index is 0.235. The molecule has 0 bridgehead atoms. The fourth-order valence-corrected chi connectivity index (χ4v) is 1.04. The van der Waals surface area contributed by atoms with Gasteiger partial charge in [-0.25, -0.2) is 0 Å². The highest BCUT2D eigenvalue weighted by Crippen LogP contribution is 2.20. The zero-order valence-corrected chi connectivity index (χ0v) is 10.1. The van der Waals surface area contributed by atoms with Crippen LogP contribution in [0, 0.1) is 0 Å². The number of esters is 1. The maximum absolute atomic E-state index is 12.1. The summed E-state index contributed by atoms with van der Waals surface area (Å²) in [7, 11) is 1.33. The van der Waals surface area contributed by atoms with Gasteiger partial charge >= 0.3 is 12.1 Å². The van der Waals surface area contributed by atoms with Crippen LogP contribution in [-0.4, -0.2) is 54.5 Å². The van der Waals surface area contributed by atoms with Gasteiger partial charge in [0, 0.05) is 6.54 Å². The summed E-state index contributed by atoms with van der Waals surface area (Å²) in [4.78, 5) is 12.5. The molecular weight excluding hydrogens is 239 g/mol. The Morgan fingerprint density at radius 3 is 2.41 bits per heavy atom. The molecule has 0 saturated heterocycles. The molecule has 0 aliphatic carbocycles. The first kappa shape index (κ1) is 16.2. The number of hydrogen-bond donors (Lipinski definition) is 1. The van der Waals surface area contributed by atoms with E-state index in [1.54, 1.807) is 0 Å². The van der Waals surface area contributed by atoms with Gasteiger partial charge in [-0.3, -0.25) is 9.69 Å². The van der Waals surface area contributed by atoms with Crippen molar-refractivity contribution in [2.24, 2.45) is 0 Å². The molecule has 0 saturated carbocycles. The van der Waals surface area contributed by atoms with Crippen LogP contribution in [0.2, 0.25) is 0 Å². The first-order valence-electron chi connectivity index (χ1n) is 5.31. The summed E-state index contributed by atoms with van der Waals surface area (Å²) in [6, 6.07) is -0.821. The molecule has 0 aliphatic heterocycles. The lowest BCUT2D eigenvalue weighted by molar-refractivity contribution is -0.209. The number of alkyl halides is 3. The predicted molar refractivity (Wildman–Crippen MR) is 55.4 cm³/mol. The van der Waals surface area contributed by atoms with E-state index < -0.39 is 30.8 Å². The highest BCUT2D eigenvalue weighted by atomic mass is 19.4. The smallest absolute Gasteiger partial charge is 0.415 e. The minimum atomic E-state index is -4.68. The van der Waals surface area contributed by atoms with Gasteiger partial charge < -0.3 is 9.84 Å². The second-order valence-electron chi connectivity index (χ2n) is 3.84. The molecule has 2 unspecified atom stereocenters. The molecule has 0 radical (unpaired) electrons. The quantitative estimate of drug-likeness (QED) is 0.726. The van der Waals surface area contributed by atoms with Crippen LogP contribution >= 0.6 is 0 Å². The zero-order valence-electron chi connectivity index (χ0n) is 10.1. The van der Waals surface area contributed by atoms with Crippen LogP contribution in [0.3, 0.4) is 0 Å². The number of carbonyl (C=O) groups is 1. The number of aliphatic hydroxyl groups is 1. The maximum Gasteiger partial charge on any atom is 0.415 e. The molecule has 4 nitrogen and oxygen atoms in total. The van der Waals surface area contributed by atoms with Crippen LogP contribution in [0.1, 0.15) is 20.3 Å². The minimum Gasteiger partial charge on any atom is -0.465 e. The Morgan fingerprint density at radius 2 is 2.00 bits per heavy atom. The molecule has 0 aromatic carbocycles. The van der Waals surface area contributed by atoms with Crippen LogP contribution in [0.5, 0.6) is 0 Å². The van der Waals surface area contributed by atoms with Crippen LogP contribution in [0.4, 0.5) is 13.2 Å². The Balaban J connectivity index is 4.22. The summed E-state index contributed by atoms with van der Waals surface area (Å²) < 4.78 is 41.0. The number of rotatable bonds is 6. The highest BCUT2D eigenvalue weighted by molar-refractivity contribution is 5.75. The second-order valence-corrected chi connectivity index (χ2v) is 3.84. The van der Waals surface area contributed by atoms with E-state index in [1.165, 1.54) is 14.0 Å². The Kier molecular flexibility index (Phi) is 6.48. The molecular formula is C10H18F3NO3. The van der Waals surface area contributed by atoms with E-state index in [2.05, 4.69) is 0 Å². The Labute approximate surface area is 98.3 Å². The number of likely N-dealkylation sites (N-methyl/N-ethyl adjacent to an activating group) is 1. The molecule has 0 heterocycles. The van der Waals surface area contributed by atoms with Crippen molar-refractivity contribution in [3.8, 4) is 0 Å². The van der Waals surface area contributed by atoms with Gasteiger partial charge in [-0.1, -0.05) is 6.92 Å². The molecule has 0 spiro atoms. The van der Waals surface area contributed by atoms with E-state index in [0.717, 1.165) is 4.90 Å². The summed E-state index contributed by atoms with van der Waals surface area (Å²) in [5.74, 6) is -0.594. The summed E-state index contributed by atoms with van der Waals surface area (Å²) >= 11 is 0. The lowest BCUT2D eigenvalue weighted by Crippen LogP contribution is -2.45. The fraction of sp³-hybridized carbons (Fsp3) is 0.900. The van der Waals surface area contributed by atoms with Gasteiger partial charge in [-0.15, -0.1) is 0 Å². The third kappa shape index (κ3) is 5.88. The average molecular weight is 257 g/mol. The van der Waals surface area contributed by atoms with E-state index in [-0.39, 0.29) is 6.61 Å². The molecule has 102 valence electrons. The zero-order chi connectivity index (χ0) is 13.6. The molecule has 0 aromatic rings. The highest BCUT2D eigenvalue weighted by Gasteiger charge is 2.39. The molecule has 1 N–H and O–H groups in total. The number of hydrogen-bond acceptors (Lipinski definition) is 4. The monoisotopic (exact) mass is 257 g/mol. The van der Waals surface area contributed by atoms with E-state index in [9.17, 15) is 18.0 Å². The van der Waals surface area contributed by atoms with Gasteiger partial charge in [0.15, 0.2) is 6.10 Å². The SMILES string of the molecule is CCCOC(=O)C(C)N(C)CC(O)C(F)(F)F. The van der Waals surface area contributed by atoms with Crippen molar-refractivity contribution in [1.29, 1.82) is 0 Å². The number of nitrogens with zero attached hydrogens (tertiary/aromatic N) is 1. The van der Waals surface area contributed by atoms with Crippen molar-refractivity contribution in [3.63, 3.8) is 0 Å². The lowest BCUT2D eigenvalue weighted by Gasteiger charge is -2.26. The van der Waals surface area contributed by atoms with Crippen LogP contribution < -0.4 is 0 Å². The van der Waals surface area contributed by atoms with E-state index in [4.69, 9.17) is 9.84 Å². The van der Waals surface area contributed by atoms with Gasteiger partial charge in [0.1, 0.15) is 6.04 Å². The number of aliphatic hydroxyl groups excluding tert-OH is 1. The van der Waals surface area contributed by atoms with Crippen molar-refractivity contribution in [3.05, 3.63) is 0 Å². The van der Waals surface area contributed by atoms with E-state index in [0.29, 0.717) is 6.42 Å². The van der Waals surface area contributed by atoms with Crippen LogP contribution in [0.15, 0.2) is 0 Å². The van der Waals surface area contributed by atoms with Crippen molar-refractivity contribution in [1.82, 2.24) is 4.90 Å². The van der Waals surface area contributed by atoms with Gasteiger partial charge in [0.25, 0.3) is 0 Å². The molecule has 7 heteroatoms. The Morgan fingerprint density at radius 1 is 1.47 bits per heavy atom. The van der Waals surface area contributed by atoms with Crippen molar-refractivity contribution in [2.75, 3.05) is 20.2 Å². The number of carbonyl (C=O) groups excluding carboxylic acids is 1. The normalized spacial score (nSPS) is 15.8. The van der Waals surface area contributed by atoms with E-state index >= 15 is 0 Å². The molecule has 2 atom stereocenters. The molecule has 0 fully saturated rings. The number of halogens is 3. The third-order valence-electron chi connectivity index (χ3n) is 2.29. The Bertz CT molecular complexity index is 245.